The normalized spacial score (nSPS) is 11.5. The average molecular weight is 358 g/mol. The molecule has 0 radical (unpaired) electrons. The number of carbonyl (C=O) groups excluding carboxylic acids is 1. The zero-order valence-corrected chi connectivity index (χ0v) is 15.7. The molecule has 1 atom stereocenters. The predicted molar refractivity (Wildman–Crippen MR) is 101 cm³/mol. The number of amides is 1. The summed E-state index contributed by atoms with van der Waals surface area (Å²) in [5.41, 5.74) is 1.39. The van der Waals surface area contributed by atoms with Crippen molar-refractivity contribution in [3.8, 4) is 11.5 Å². The molecule has 7 heteroatoms. The summed E-state index contributed by atoms with van der Waals surface area (Å²) in [5.74, 6) is 1.79. The summed E-state index contributed by atoms with van der Waals surface area (Å²) < 4.78 is 10.5. The predicted octanol–water partition coefficient (Wildman–Crippen LogP) is 2.68. The number of carbonyl (C=O) groups is 1. The Morgan fingerprint density at radius 2 is 1.92 bits per heavy atom. The van der Waals surface area contributed by atoms with Crippen LogP contribution in [0.5, 0.6) is 11.5 Å². The van der Waals surface area contributed by atoms with E-state index in [1.807, 2.05) is 18.2 Å². The fourth-order valence-corrected chi connectivity index (χ4v) is 2.36. The molecule has 1 aromatic heterocycles. The molecule has 0 fully saturated rings. The first-order chi connectivity index (χ1) is 12.6. The van der Waals surface area contributed by atoms with Gasteiger partial charge >= 0.3 is 0 Å². The van der Waals surface area contributed by atoms with Crippen LogP contribution in [0.1, 0.15) is 36.3 Å². The van der Waals surface area contributed by atoms with Gasteiger partial charge in [0.05, 0.1) is 14.2 Å². The van der Waals surface area contributed by atoms with Gasteiger partial charge in [-0.25, -0.2) is 9.97 Å². The molecule has 0 saturated heterocycles. The molecule has 2 rings (SSSR count). The minimum Gasteiger partial charge on any atom is -0.493 e. The molecule has 0 bridgehead atoms. The maximum atomic E-state index is 12.3. The molecule has 26 heavy (non-hydrogen) atoms. The standard InChI is InChI=1S/C19H26N4O3/c1-5-13(2)23-18-11-15(21-12-22-18)19(24)20-9-8-14-6-7-16(25-3)17(10-14)26-4/h6-7,10-13H,5,8-9H2,1-4H3,(H,20,24)(H,21,22,23). The van der Waals surface area contributed by atoms with Gasteiger partial charge in [0.25, 0.3) is 5.91 Å². The van der Waals surface area contributed by atoms with Gasteiger partial charge in [-0.15, -0.1) is 0 Å². The van der Waals surface area contributed by atoms with E-state index >= 15 is 0 Å². The number of rotatable bonds is 9. The zero-order chi connectivity index (χ0) is 18.9. The molecule has 1 amide bonds. The summed E-state index contributed by atoms with van der Waals surface area (Å²) in [6.07, 6.45) is 3.04. The van der Waals surface area contributed by atoms with Crippen molar-refractivity contribution in [2.24, 2.45) is 0 Å². The van der Waals surface area contributed by atoms with Crippen LogP contribution in [0.2, 0.25) is 0 Å². The third-order valence-corrected chi connectivity index (χ3v) is 4.05. The summed E-state index contributed by atoms with van der Waals surface area (Å²) in [5, 5.41) is 6.11. The lowest BCUT2D eigenvalue weighted by molar-refractivity contribution is 0.0949. The van der Waals surface area contributed by atoms with E-state index in [4.69, 9.17) is 9.47 Å². The molecular formula is C19H26N4O3. The molecule has 2 aromatic rings. The number of anilines is 1. The van der Waals surface area contributed by atoms with E-state index in [-0.39, 0.29) is 11.9 Å². The first kappa shape index (κ1) is 19.5. The zero-order valence-electron chi connectivity index (χ0n) is 15.7. The molecule has 0 saturated carbocycles. The first-order valence-corrected chi connectivity index (χ1v) is 8.65. The maximum absolute atomic E-state index is 12.3. The van der Waals surface area contributed by atoms with Crippen LogP contribution < -0.4 is 20.1 Å². The van der Waals surface area contributed by atoms with E-state index in [0.717, 1.165) is 12.0 Å². The Morgan fingerprint density at radius 1 is 1.15 bits per heavy atom. The van der Waals surface area contributed by atoms with E-state index in [9.17, 15) is 4.79 Å². The highest BCUT2D eigenvalue weighted by molar-refractivity contribution is 5.92. The van der Waals surface area contributed by atoms with Gasteiger partial charge in [-0.1, -0.05) is 13.0 Å². The largest absolute Gasteiger partial charge is 0.493 e. The van der Waals surface area contributed by atoms with Crippen LogP contribution >= 0.6 is 0 Å². The topological polar surface area (TPSA) is 85.4 Å². The quantitative estimate of drug-likeness (QED) is 0.717. The monoisotopic (exact) mass is 358 g/mol. The van der Waals surface area contributed by atoms with Gasteiger partial charge in [0.2, 0.25) is 0 Å². The number of ether oxygens (including phenoxy) is 2. The fraction of sp³-hybridized carbons (Fsp3) is 0.421. The van der Waals surface area contributed by atoms with Gasteiger partial charge in [0.15, 0.2) is 11.5 Å². The molecule has 1 unspecified atom stereocenters. The summed E-state index contributed by atoms with van der Waals surface area (Å²) in [4.78, 5) is 20.5. The summed E-state index contributed by atoms with van der Waals surface area (Å²) in [7, 11) is 3.20. The van der Waals surface area contributed by atoms with Crippen LogP contribution in [0.4, 0.5) is 5.82 Å². The number of nitrogens with zero attached hydrogens (tertiary/aromatic N) is 2. The Balaban J connectivity index is 1.92. The van der Waals surface area contributed by atoms with Gasteiger partial charge in [-0.3, -0.25) is 4.79 Å². The lowest BCUT2D eigenvalue weighted by Gasteiger charge is -2.12. The molecule has 140 valence electrons. The van der Waals surface area contributed by atoms with E-state index in [1.54, 1.807) is 20.3 Å². The van der Waals surface area contributed by atoms with Crippen molar-refractivity contribution in [1.82, 2.24) is 15.3 Å². The Kier molecular flexibility index (Phi) is 7.20. The van der Waals surface area contributed by atoms with Crippen molar-refractivity contribution in [3.63, 3.8) is 0 Å². The maximum Gasteiger partial charge on any atom is 0.270 e. The number of hydrogen-bond acceptors (Lipinski definition) is 6. The van der Waals surface area contributed by atoms with E-state index in [0.29, 0.717) is 36.0 Å². The highest BCUT2D eigenvalue weighted by Gasteiger charge is 2.10. The SMILES string of the molecule is CCC(C)Nc1cc(C(=O)NCCc2ccc(OC)c(OC)c2)ncn1. The average Bonchev–Trinajstić information content (AvgIpc) is 2.67. The molecule has 0 spiro atoms. The molecule has 1 heterocycles. The van der Waals surface area contributed by atoms with Crippen molar-refractivity contribution in [3.05, 3.63) is 41.9 Å². The van der Waals surface area contributed by atoms with Crippen molar-refractivity contribution < 1.29 is 14.3 Å². The molecule has 7 nitrogen and oxygen atoms in total. The van der Waals surface area contributed by atoms with Gasteiger partial charge in [0.1, 0.15) is 17.8 Å². The first-order valence-electron chi connectivity index (χ1n) is 8.65. The summed E-state index contributed by atoms with van der Waals surface area (Å²) in [6, 6.07) is 7.66. The molecule has 0 aliphatic heterocycles. The third kappa shape index (κ3) is 5.34. The Labute approximate surface area is 154 Å². The fourth-order valence-electron chi connectivity index (χ4n) is 2.36. The van der Waals surface area contributed by atoms with Crippen molar-refractivity contribution in [2.45, 2.75) is 32.7 Å². The van der Waals surface area contributed by atoms with Gasteiger partial charge < -0.3 is 20.1 Å². The minimum atomic E-state index is -0.222. The highest BCUT2D eigenvalue weighted by atomic mass is 16.5. The number of hydrogen-bond donors (Lipinski definition) is 2. The number of benzene rings is 1. The number of methoxy groups -OCH3 is 2. The molecule has 0 aliphatic rings. The second-order valence-electron chi connectivity index (χ2n) is 5.94. The van der Waals surface area contributed by atoms with Crippen LogP contribution in [0.15, 0.2) is 30.6 Å². The van der Waals surface area contributed by atoms with Gasteiger partial charge in [-0.05, 0) is 37.5 Å². The van der Waals surface area contributed by atoms with Crippen LogP contribution in [0, 0.1) is 0 Å². The van der Waals surface area contributed by atoms with Crippen molar-refractivity contribution >= 4 is 11.7 Å². The van der Waals surface area contributed by atoms with Crippen molar-refractivity contribution in [1.29, 1.82) is 0 Å². The molecule has 0 aliphatic carbocycles. The van der Waals surface area contributed by atoms with E-state index in [1.165, 1.54) is 6.33 Å². The Morgan fingerprint density at radius 3 is 2.62 bits per heavy atom. The molecule has 2 N–H and O–H groups in total. The lowest BCUT2D eigenvalue weighted by atomic mass is 10.1. The lowest BCUT2D eigenvalue weighted by Crippen LogP contribution is -2.27. The van der Waals surface area contributed by atoms with Crippen molar-refractivity contribution in [2.75, 3.05) is 26.1 Å². The van der Waals surface area contributed by atoms with Crippen LogP contribution in [-0.4, -0.2) is 42.7 Å². The Bertz CT molecular complexity index is 736. The smallest absolute Gasteiger partial charge is 0.270 e. The van der Waals surface area contributed by atoms with E-state index in [2.05, 4.69) is 34.4 Å². The van der Waals surface area contributed by atoms with Gasteiger partial charge in [0, 0.05) is 18.7 Å². The number of nitrogens with one attached hydrogen (secondary N) is 2. The minimum absolute atomic E-state index is 0.222. The second-order valence-corrected chi connectivity index (χ2v) is 5.94. The molecule has 1 aromatic carbocycles. The second kappa shape index (κ2) is 9.60. The summed E-state index contributed by atoms with van der Waals surface area (Å²) >= 11 is 0. The van der Waals surface area contributed by atoms with E-state index < -0.39 is 0 Å². The van der Waals surface area contributed by atoms with Crippen LogP contribution in [0.3, 0.4) is 0 Å². The summed E-state index contributed by atoms with van der Waals surface area (Å²) in [6.45, 7) is 4.64. The Hall–Kier alpha value is -2.83. The number of aromatic nitrogens is 2. The third-order valence-electron chi connectivity index (χ3n) is 4.05. The van der Waals surface area contributed by atoms with Crippen LogP contribution in [-0.2, 0) is 6.42 Å². The molecular weight excluding hydrogens is 332 g/mol. The van der Waals surface area contributed by atoms with Gasteiger partial charge in [-0.2, -0.15) is 0 Å². The van der Waals surface area contributed by atoms with Crippen LogP contribution in [0.25, 0.3) is 0 Å². The highest BCUT2D eigenvalue weighted by Crippen LogP contribution is 2.27.